The van der Waals surface area contributed by atoms with Crippen molar-refractivity contribution in [2.45, 2.75) is 19.1 Å². The monoisotopic (exact) mass is 277 g/mol. The van der Waals surface area contributed by atoms with Gasteiger partial charge in [0.15, 0.2) is 6.61 Å². The molecule has 0 unspecified atom stereocenters. The van der Waals surface area contributed by atoms with Crippen LogP contribution in [0.1, 0.15) is 11.1 Å². The van der Waals surface area contributed by atoms with Gasteiger partial charge in [0.2, 0.25) is 0 Å². The third kappa shape index (κ3) is 5.17. The standard InChI is InChI=1S/C12H14F3NO3/c1-18-11(17)5-8-2-3-10(9(4-8)6-16)19-7-12(13,14)15/h2-4H,5-7,16H2,1H3. The Morgan fingerprint density at radius 3 is 2.58 bits per heavy atom. The maximum atomic E-state index is 12.1. The van der Waals surface area contributed by atoms with Crippen molar-refractivity contribution in [2.75, 3.05) is 13.7 Å². The minimum absolute atomic E-state index is 0.0161. The van der Waals surface area contributed by atoms with Crippen LogP contribution < -0.4 is 10.5 Å². The molecule has 0 bridgehead atoms. The van der Waals surface area contributed by atoms with Gasteiger partial charge in [-0.05, 0) is 11.6 Å². The highest BCUT2D eigenvalue weighted by molar-refractivity contribution is 5.72. The van der Waals surface area contributed by atoms with Crippen molar-refractivity contribution in [1.29, 1.82) is 0 Å². The Labute approximate surface area is 108 Å². The molecule has 0 amide bonds. The van der Waals surface area contributed by atoms with E-state index in [-0.39, 0.29) is 18.7 Å². The van der Waals surface area contributed by atoms with Crippen molar-refractivity contribution in [2.24, 2.45) is 5.73 Å². The summed E-state index contributed by atoms with van der Waals surface area (Å²) in [6, 6.07) is 4.40. The molecule has 19 heavy (non-hydrogen) atoms. The molecule has 0 spiro atoms. The second-order valence-corrected chi connectivity index (χ2v) is 3.80. The lowest BCUT2D eigenvalue weighted by Crippen LogP contribution is -2.20. The Morgan fingerprint density at radius 2 is 2.05 bits per heavy atom. The molecule has 1 aromatic rings. The van der Waals surface area contributed by atoms with E-state index >= 15 is 0 Å². The third-order valence-corrected chi connectivity index (χ3v) is 2.31. The highest BCUT2D eigenvalue weighted by Gasteiger charge is 2.28. The van der Waals surface area contributed by atoms with Gasteiger partial charge in [-0.25, -0.2) is 0 Å². The van der Waals surface area contributed by atoms with Crippen molar-refractivity contribution in [3.05, 3.63) is 29.3 Å². The van der Waals surface area contributed by atoms with E-state index in [1.165, 1.54) is 25.3 Å². The Balaban J connectivity index is 2.81. The average molecular weight is 277 g/mol. The molecule has 0 atom stereocenters. The first kappa shape index (κ1) is 15.3. The molecule has 0 aliphatic carbocycles. The molecular formula is C12H14F3NO3. The van der Waals surface area contributed by atoms with E-state index in [0.717, 1.165) is 0 Å². The summed E-state index contributed by atoms with van der Waals surface area (Å²) in [6.45, 7) is -1.36. The van der Waals surface area contributed by atoms with Crippen molar-refractivity contribution in [3.8, 4) is 5.75 Å². The summed E-state index contributed by atoms with van der Waals surface area (Å²) in [5.41, 5.74) is 6.46. The topological polar surface area (TPSA) is 61.5 Å². The summed E-state index contributed by atoms with van der Waals surface area (Å²) in [4.78, 5) is 11.1. The molecule has 0 aromatic heterocycles. The quantitative estimate of drug-likeness (QED) is 0.834. The van der Waals surface area contributed by atoms with Crippen LogP contribution in [0.4, 0.5) is 13.2 Å². The predicted molar refractivity (Wildman–Crippen MR) is 61.6 cm³/mol. The van der Waals surface area contributed by atoms with Crippen LogP contribution in [0.25, 0.3) is 0 Å². The van der Waals surface area contributed by atoms with Gasteiger partial charge in [0, 0.05) is 12.1 Å². The molecule has 0 aliphatic heterocycles. The maximum Gasteiger partial charge on any atom is 0.422 e. The molecule has 2 N–H and O–H groups in total. The van der Waals surface area contributed by atoms with Gasteiger partial charge < -0.3 is 15.2 Å². The Hall–Kier alpha value is -1.76. The van der Waals surface area contributed by atoms with Crippen LogP contribution in [0.5, 0.6) is 5.75 Å². The van der Waals surface area contributed by atoms with Crippen molar-refractivity contribution < 1.29 is 27.4 Å². The molecule has 106 valence electrons. The molecule has 0 saturated heterocycles. The molecule has 0 fully saturated rings. The first-order valence-corrected chi connectivity index (χ1v) is 5.44. The zero-order chi connectivity index (χ0) is 14.5. The van der Waals surface area contributed by atoms with Crippen molar-refractivity contribution in [3.63, 3.8) is 0 Å². The second kappa shape index (κ2) is 6.42. The molecule has 0 saturated carbocycles. The fourth-order valence-electron chi connectivity index (χ4n) is 1.44. The number of benzene rings is 1. The van der Waals surface area contributed by atoms with E-state index in [9.17, 15) is 18.0 Å². The van der Waals surface area contributed by atoms with E-state index in [2.05, 4.69) is 9.47 Å². The van der Waals surface area contributed by atoms with E-state index in [4.69, 9.17) is 5.73 Å². The van der Waals surface area contributed by atoms with Crippen LogP contribution in [0.15, 0.2) is 18.2 Å². The first-order valence-electron chi connectivity index (χ1n) is 5.44. The molecule has 7 heteroatoms. The van der Waals surface area contributed by atoms with Gasteiger partial charge in [-0.15, -0.1) is 0 Å². The summed E-state index contributed by atoms with van der Waals surface area (Å²) < 4.78 is 45.3. The minimum atomic E-state index is -4.41. The normalized spacial score (nSPS) is 11.2. The number of methoxy groups -OCH3 is 1. The van der Waals surface area contributed by atoms with E-state index in [1.807, 2.05) is 0 Å². The van der Waals surface area contributed by atoms with Gasteiger partial charge in [0.05, 0.1) is 13.5 Å². The molecular weight excluding hydrogens is 263 g/mol. The SMILES string of the molecule is COC(=O)Cc1ccc(OCC(F)(F)F)c(CN)c1. The lowest BCUT2D eigenvalue weighted by atomic mass is 10.1. The van der Waals surface area contributed by atoms with E-state index in [1.54, 1.807) is 0 Å². The van der Waals surface area contributed by atoms with E-state index in [0.29, 0.717) is 11.1 Å². The predicted octanol–water partition coefficient (Wildman–Crippen LogP) is 1.80. The lowest BCUT2D eigenvalue weighted by molar-refractivity contribution is -0.153. The van der Waals surface area contributed by atoms with Gasteiger partial charge in [0.1, 0.15) is 5.75 Å². The van der Waals surface area contributed by atoms with Gasteiger partial charge >= 0.3 is 12.1 Å². The van der Waals surface area contributed by atoms with Crippen LogP contribution in [-0.4, -0.2) is 25.9 Å². The smallest absolute Gasteiger partial charge is 0.422 e. The Kier molecular flexibility index (Phi) is 5.17. The minimum Gasteiger partial charge on any atom is -0.484 e. The van der Waals surface area contributed by atoms with Crippen LogP contribution in [0.2, 0.25) is 0 Å². The average Bonchev–Trinajstić information content (AvgIpc) is 2.35. The Bertz CT molecular complexity index is 446. The number of carbonyl (C=O) groups excluding carboxylic acids is 1. The third-order valence-electron chi connectivity index (χ3n) is 2.31. The van der Waals surface area contributed by atoms with Crippen molar-refractivity contribution in [1.82, 2.24) is 0 Å². The molecule has 0 aliphatic rings. The number of hydrogen-bond acceptors (Lipinski definition) is 4. The zero-order valence-corrected chi connectivity index (χ0v) is 10.3. The molecule has 4 nitrogen and oxygen atoms in total. The van der Waals surface area contributed by atoms with Gasteiger partial charge in [0.25, 0.3) is 0 Å². The largest absolute Gasteiger partial charge is 0.484 e. The number of alkyl halides is 3. The van der Waals surface area contributed by atoms with Crippen molar-refractivity contribution >= 4 is 5.97 Å². The van der Waals surface area contributed by atoms with Crippen LogP contribution in [0, 0.1) is 0 Å². The molecule has 0 heterocycles. The van der Waals surface area contributed by atoms with Crippen LogP contribution >= 0.6 is 0 Å². The highest BCUT2D eigenvalue weighted by atomic mass is 19.4. The lowest BCUT2D eigenvalue weighted by Gasteiger charge is -2.13. The highest BCUT2D eigenvalue weighted by Crippen LogP contribution is 2.23. The van der Waals surface area contributed by atoms with E-state index < -0.39 is 18.8 Å². The summed E-state index contributed by atoms with van der Waals surface area (Å²) in [5, 5.41) is 0. The number of halogens is 3. The van der Waals surface area contributed by atoms with Gasteiger partial charge in [-0.2, -0.15) is 13.2 Å². The molecule has 0 radical (unpaired) electrons. The fourth-order valence-corrected chi connectivity index (χ4v) is 1.44. The summed E-state index contributed by atoms with van der Waals surface area (Å²) >= 11 is 0. The van der Waals surface area contributed by atoms with Gasteiger partial charge in [-0.1, -0.05) is 12.1 Å². The number of rotatable bonds is 5. The summed E-state index contributed by atoms with van der Waals surface area (Å²) in [7, 11) is 1.26. The van der Waals surface area contributed by atoms with Crippen LogP contribution in [0.3, 0.4) is 0 Å². The van der Waals surface area contributed by atoms with Crippen LogP contribution in [-0.2, 0) is 22.5 Å². The Morgan fingerprint density at radius 1 is 1.37 bits per heavy atom. The first-order chi connectivity index (χ1) is 8.85. The number of esters is 1. The number of ether oxygens (including phenoxy) is 2. The number of nitrogens with two attached hydrogens (primary N) is 1. The molecule has 1 aromatic carbocycles. The molecule has 1 rings (SSSR count). The second-order valence-electron chi connectivity index (χ2n) is 3.80. The fraction of sp³-hybridized carbons (Fsp3) is 0.417. The summed E-state index contributed by atoms with van der Waals surface area (Å²) in [6.07, 6.45) is -4.38. The number of hydrogen-bond donors (Lipinski definition) is 1. The zero-order valence-electron chi connectivity index (χ0n) is 10.3. The maximum absolute atomic E-state index is 12.1. The van der Waals surface area contributed by atoms with Gasteiger partial charge in [-0.3, -0.25) is 4.79 Å². The summed E-state index contributed by atoms with van der Waals surface area (Å²) in [5.74, 6) is -0.375. The number of carbonyl (C=O) groups is 1.